The SMILES string of the molecule is C=CC[C@@H](C)C1=N[C@H](C(C)(C)C)CO1. The van der Waals surface area contributed by atoms with Crippen LogP contribution in [0.4, 0.5) is 0 Å². The number of ether oxygens (including phenoxy) is 1. The van der Waals surface area contributed by atoms with Crippen molar-refractivity contribution in [2.24, 2.45) is 16.3 Å². The Balaban J connectivity index is 2.62. The monoisotopic (exact) mass is 195 g/mol. The van der Waals surface area contributed by atoms with Crippen molar-refractivity contribution >= 4 is 5.90 Å². The van der Waals surface area contributed by atoms with Gasteiger partial charge in [-0.25, -0.2) is 4.99 Å². The van der Waals surface area contributed by atoms with Crippen LogP contribution in [0.2, 0.25) is 0 Å². The third kappa shape index (κ3) is 2.60. The van der Waals surface area contributed by atoms with Crippen LogP contribution in [0.15, 0.2) is 17.6 Å². The van der Waals surface area contributed by atoms with Crippen LogP contribution in [-0.2, 0) is 4.74 Å². The summed E-state index contributed by atoms with van der Waals surface area (Å²) in [6.07, 6.45) is 2.86. The van der Waals surface area contributed by atoms with Crippen molar-refractivity contribution in [2.75, 3.05) is 6.61 Å². The van der Waals surface area contributed by atoms with E-state index in [9.17, 15) is 0 Å². The fourth-order valence-corrected chi connectivity index (χ4v) is 1.46. The molecule has 1 aliphatic rings. The summed E-state index contributed by atoms with van der Waals surface area (Å²) in [7, 11) is 0. The van der Waals surface area contributed by atoms with E-state index in [1.807, 2.05) is 6.08 Å². The van der Waals surface area contributed by atoms with Crippen LogP contribution in [0.5, 0.6) is 0 Å². The van der Waals surface area contributed by atoms with Crippen molar-refractivity contribution in [2.45, 2.75) is 40.2 Å². The Morgan fingerprint density at radius 3 is 2.71 bits per heavy atom. The molecule has 0 N–H and O–H groups in total. The quantitative estimate of drug-likeness (QED) is 0.634. The van der Waals surface area contributed by atoms with Crippen molar-refractivity contribution in [1.29, 1.82) is 0 Å². The molecule has 0 aliphatic carbocycles. The number of nitrogens with zero attached hydrogens (tertiary/aromatic N) is 1. The summed E-state index contributed by atoms with van der Waals surface area (Å²) >= 11 is 0. The maximum absolute atomic E-state index is 5.61. The molecule has 0 saturated heterocycles. The summed E-state index contributed by atoms with van der Waals surface area (Å²) in [6, 6.07) is 0.310. The molecule has 1 heterocycles. The largest absolute Gasteiger partial charge is 0.478 e. The lowest BCUT2D eigenvalue weighted by Gasteiger charge is -2.21. The Hall–Kier alpha value is -0.790. The molecule has 2 nitrogen and oxygen atoms in total. The number of rotatable bonds is 3. The molecule has 0 aromatic rings. The molecule has 0 bridgehead atoms. The summed E-state index contributed by atoms with van der Waals surface area (Å²) in [4.78, 5) is 4.62. The maximum atomic E-state index is 5.61. The first-order valence-corrected chi connectivity index (χ1v) is 5.26. The van der Waals surface area contributed by atoms with E-state index in [4.69, 9.17) is 4.74 Å². The van der Waals surface area contributed by atoms with Crippen molar-refractivity contribution in [3.63, 3.8) is 0 Å². The highest BCUT2D eigenvalue weighted by molar-refractivity contribution is 5.80. The predicted molar refractivity (Wildman–Crippen MR) is 60.6 cm³/mol. The molecule has 14 heavy (non-hydrogen) atoms. The molecule has 1 aliphatic heterocycles. The lowest BCUT2D eigenvalue weighted by atomic mass is 9.88. The molecule has 0 spiro atoms. The van der Waals surface area contributed by atoms with E-state index < -0.39 is 0 Å². The Morgan fingerprint density at radius 1 is 1.64 bits per heavy atom. The molecule has 0 aromatic carbocycles. The third-order valence-electron chi connectivity index (χ3n) is 2.61. The van der Waals surface area contributed by atoms with Crippen LogP contribution in [-0.4, -0.2) is 18.5 Å². The summed E-state index contributed by atoms with van der Waals surface area (Å²) in [5.41, 5.74) is 0.204. The highest BCUT2D eigenvalue weighted by Crippen LogP contribution is 2.27. The lowest BCUT2D eigenvalue weighted by molar-refractivity contribution is 0.229. The molecule has 0 radical (unpaired) electrons. The molecule has 0 unspecified atom stereocenters. The molecule has 0 amide bonds. The van der Waals surface area contributed by atoms with E-state index in [0.717, 1.165) is 18.9 Å². The maximum Gasteiger partial charge on any atom is 0.186 e. The minimum Gasteiger partial charge on any atom is -0.478 e. The minimum absolute atomic E-state index is 0.204. The van der Waals surface area contributed by atoms with Crippen LogP contribution >= 0.6 is 0 Å². The van der Waals surface area contributed by atoms with Crippen molar-refractivity contribution in [3.8, 4) is 0 Å². The fraction of sp³-hybridized carbons (Fsp3) is 0.750. The van der Waals surface area contributed by atoms with Gasteiger partial charge in [0.05, 0.1) is 6.04 Å². The average Bonchev–Trinajstić information content (AvgIpc) is 2.51. The van der Waals surface area contributed by atoms with E-state index in [-0.39, 0.29) is 5.41 Å². The zero-order chi connectivity index (χ0) is 10.8. The van der Waals surface area contributed by atoms with Crippen LogP contribution < -0.4 is 0 Å². The lowest BCUT2D eigenvalue weighted by Crippen LogP contribution is -2.25. The summed E-state index contributed by atoms with van der Waals surface area (Å²) < 4.78 is 5.61. The Kier molecular flexibility index (Phi) is 3.35. The molecular formula is C12H21NO. The molecule has 2 atom stereocenters. The topological polar surface area (TPSA) is 21.6 Å². The van der Waals surface area contributed by atoms with E-state index >= 15 is 0 Å². The Bertz CT molecular complexity index is 237. The van der Waals surface area contributed by atoms with Crippen molar-refractivity contribution in [1.82, 2.24) is 0 Å². The van der Waals surface area contributed by atoms with E-state index in [2.05, 4.69) is 39.3 Å². The van der Waals surface area contributed by atoms with Crippen molar-refractivity contribution < 1.29 is 4.74 Å². The molecule has 0 saturated carbocycles. The van der Waals surface area contributed by atoms with E-state index in [1.54, 1.807) is 0 Å². The van der Waals surface area contributed by atoms with Gasteiger partial charge in [-0.1, -0.05) is 33.8 Å². The summed E-state index contributed by atoms with van der Waals surface area (Å²) in [5, 5.41) is 0. The van der Waals surface area contributed by atoms with Crippen LogP contribution in [0, 0.1) is 11.3 Å². The second-order valence-corrected chi connectivity index (χ2v) is 5.09. The van der Waals surface area contributed by atoms with Gasteiger partial charge in [0.2, 0.25) is 0 Å². The second kappa shape index (κ2) is 4.16. The van der Waals surface area contributed by atoms with Gasteiger partial charge in [0.25, 0.3) is 0 Å². The van der Waals surface area contributed by atoms with E-state index in [0.29, 0.717) is 12.0 Å². The van der Waals surface area contributed by atoms with Gasteiger partial charge in [0.15, 0.2) is 5.90 Å². The zero-order valence-corrected chi connectivity index (χ0v) is 9.71. The summed E-state index contributed by atoms with van der Waals surface area (Å²) in [6.45, 7) is 13.2. The fourth-order valence-electron chi connectivity index (χ4n) is 1.46. The molecule has 80 valence electrons. The molecular weight excluding hydrogens is 174 g/mol. The number of aliphatic imine (C=N–C) groups is 1. The predicted octanol–water partition coefficient (Wildman–Crippen LogP) is 3.04. The van der Waals surface area contributed by atoms with Gasteiger partial charge < -0.3 is 4.74 Å². The van der Waals surface area contributed by atoms with Crippen molar-refractivity contribution in [3.05, 3.63) is 12.7 Å². The first kappa shape index (κ1) is 11.3. The molecule has 0 aromatic heterocycles. The van der Waals surface area contributed by atoms with E-state index in [1.165, 1.54) is 0 Å². The van der Waals surface area contributed by atoms with Gasteiger partial charge in [-0.2, -0.15) is 0 Å². The number of hydrogen-bond donors (Lipinski definition) is 0. The van der Waals surface area contributed by atoms with Gasteiger partial charge in [0.1, 0.15) is 6.61 Å². The van der Waals surface area contributed by atoms with Crippen LogP contribution in [0.25, 0.3) is 0 Å². The Labute approximate surface area is 87.1 Å². The van der Waals surface area contributed by atoms with Gasteiger partial charge in [-0.05, 0) is 11.8 Å². The number of allylic oxidation sites excluding steroid dienone is 1. The molecule has 0 fully saturated rings. The smallest absolute Gasteiger partial charge is 0.186 e. The molecule has 1 rings (SSSR count). The van der Waals surface area contributed by atoms with Crippen LogP contribution in [0.3, 0.4) is 0 Å². The van der Waals surface area contributed by atoms with Gasteiger partial charge in [0, 0.05) is 5.92 Å². The van der Waals surface area contributed by atoms with Gasteiger partial charge in [-0.3, -0.25) is 0 Å². The highest BCUT2D eigenvalue weighted by Gasteiger charge is 2.31. The van der Waals surface area contributed by atoms with Gasteiger partial charge >= 0.3 is 0 Å². The minimum atomic E-state index is 0.204. The molecule has 2 heteroatoms. The highest BCUT2D eigenvalue weighted by atomic mass is 16.5. The third-order valence-corrected chi connectivity index (χ3v) is 2.61. The standard InChI is InChI=1S/C12H21NO/c1-6-7-9(2)11-13-10(8-14-11)12(3,4)5/h6,9-10H,1,7-8H2,2-5H3/t9-,10+/m1/s1. The number of hydrogen-bond acceptors (Lipinski definition) is 2. The second-order valence-electron chi connectivity index (χ2n) is 5.09. The average molecular weight is 195 g/mol. The van der Waals surface area contributed by atoms with Gasteiger partial charge in [-0.15, -0.1) is 6.58 Å². The van der Waals surface area contributed by atoms with Crippen LogP contribution in [0.1, 0.15) is 34.1 Å². The first-order valence-electron chi connectivity index (χ1n) is 5.26. The Morgan fingerprint density at radius 2 is 2.29 bits per heavy atom. The summed E-state index contributed by atoms with van der Waals surface area (Å²) in [5.74, 6) is 1.28. The zero-order valence-electron chi connectivity index (χ0n) is 9.71. The normalized spacial score (nSPS) is 24.0. The first-order chi connectivity index (χ1) is 6.45.